The van der Waals surface area contributed by atoms with Crippen LogP contribution in [0.2, 0.25) is 0 Å². The number of likely N-dealkylation sites (tertiary alicyclic amines) is 1. The number of hydrogen-bond donors (Lipinski definition) is 2. The summed E-state index contributed by atoms with van der Waals surface area (Å²) in [4.78, 5) is 24.2. The van der Waals surface area contributed by atoms with Gasteiger partial charge in [-0.25, -0.2) is 0 Å². The molecule has 0 bridgehead atoms. The van der Waals surface area contributed by atoms with E-state index in [-0.39, 0.29) is 5.92 Å². The van der Waals surface area contributed by atoms with Crippen LogP contribution in [-0.2, 0) is 11.3 Å². The van der Waals surface area contributed by atoms with Gasteiger partial charge in [0.05, 0.1) is 5.92 Å². The van der Waals surface area contributed by atoms with Gasteiger partial charge in [0.25, 0.3) is 0 Å². The number of piperidine rings is 1. The maximum Gasteiger partial charge on any atom is 0.307 e. The highest BCUT2D eigenvalue weighted by molar-refractivity contribution is 5.92. The Morgan fingerprint density at radius 1 is 1.42 bits per heavy atom. The van der Waals surface area contributed by atoms with E-state index in [1.54, 1.807) is 18.2 Å². The zero-order valence-corrected chi connectivity index (χ0v) is 10.7. The number of aliphatic carboxylic acids is 1. The molecule has 5 heteroatoms. The second-order valence-electron chi connectivity index (χ2n) is 4.98. The van der Waals surface area contributed by atoms with Gasteiger partial charge in [0.1, 0.15) is 0 Å². The topological polar surface area (TPSA) is 83.6 Å². The number of nitrogens with zero attached hydrogens (tertiary/aromatic N) is 1. The lowest BCUT2D eigenvalue weighted by Gasteiger charge is -2.30. The van der Waals surface area contributed by atoms with Crippen molar-refractivity contribution in [2.24, 2.45) is 11.7 Å². The SMILES string of the molecule is NC(=O)c1cccc(CN2CCCC(C(=O)O)C2)c1. The Morgan fingerprint density at radius 3 is 2.89 bits per heavy atom. The summed E-state index contributed by atoms with van der Waals surface area (Å²) in [7, 11) is 0. The van der Waals surface area contributed by atoms with Crippen molar-refractivity contribution in [3.63, 3.8) is 0 Å². The average Bonchev–Trinajstić information content (AvgIpc) is 2.39. The molecule has 0 radical (unpaired) electrons. The monoisotopic (exact) mass is 262 g/mol. The standard InChI is InChI=1S/C14H18N2O3/c15-13(17)11-4-1-3-10(7-11)8-16-6-2-5-12(9-16)14(18)19/h1,3-4,7,12H,2,5-6,8-9H2,(H2,15,17)(H,18,19). The van der Waals surface area contributed by atoms with Gasteiger partial charge in [0, 0.05) is 18.7 Å². The Kier molecular flexibility index (Phi) is 4.16. The molecule has 1 saturated heterocycles. The minimum Gasteiger partial charge on any atom is -0.481 e. The van der Waals surface area contributed by atoms with Crippen LogP contribution in [0.1, 0.15) is 28.8 Å². The third kappa shape index (κ3) is 3.54. The molecule has 2 rings (SSSR count). The van der Waals surface area contributed by atoms with Gasteiger partial charge in [-0.2, -0.15) is 0 Å². The zero-order valence-electron chi connectivity index (χ0n) is 10.7. The van der Waals surface area contributed by atoms with Crippen molar-refractivity contribution in [2.45, 2.75) is 19.4 Å². The smallest absolute Gasteiger partial charge is 0.307 e. The second kappa shape index (κ2) is 5.84. The molecule has 3 N–H and O–H groups in total. The molecule has 1 aliphatic rings. The van der Waals surface area contributed by atoms with Gasteiger partial charge in [-0.05, 0) is 37.1 Å². The van der Waals surface area contributed by atoms with E-state index in [4.69, 9.17) is 10.8 Å². The molecule has 0 spiro atoms. The van der Waals surface area contributed by atoms with Crippen molar-refractivity contribution < 1.29 is 14.7 Å². The highest BCUT2D eigenvalue weighted by atomic mass is 16.4. The molecule has 1 atom stereocenters. The number of carbonyl (C=O) groups excluding carboxylic acids is 1. The Morgan fingerprint density at radius 2 is 2.21 bits per heavy atom. The van der Waals surface area contributed by atoms with E-state index in [0.717, 1.165) is 24.9 Å². The van der Waals surface area contributed by atoms with Crippen LogP contribution in [-0.4, -0.2) is 35.0 Å². The minimum absolute atomic E-state index is 0.284. The molecule has 1 aromatic carbocycles. The molecule has 0 aliphatic carbocycles. The fourth-order valence-corrected chi connectivity index (χ4v) is 2.48. The summed E-state index contributed by atoms with van der Waals surface area (Å²) in [5, 5.41) is 9.05. The second-order valence-corrected chi connectivity index (χ2v) is 4.98. The minimum atomic E-state index is -0.726. The van der Waals surface area contributed by atoms with Crippen LogP contribution in [0.15, 0.2) is 24.3 Å². The van der Waals surface area contributed by atoms with Crippen LogP contribution >= 0.6 is 0 Å². The van der Waals surface area contributed by atoms with Crippen LogP contribution in [0.4, 0.5) is 0 Å². The molecule has 0 saturated carbocycles. The van der Waals surface area contributed by atoms with E-state index < -0.39 is 11.9 Å². The number of carboxylic acid groups (broad SMARTS) is 1. The zero-order chi connectivity index (χ0) is 13.8. The predicted octanol–water partition coefficient (Wildman–Crippen LogP) is 1.08. The summed E-state index contributed by atoms with van der Waals surface area (Å²) in [6.45, 7) is 2.12. The van der Waals surface area contributed by atoms with Gasteiger partial charge in [0.15, 0.2) is 0 Å². The first-order valence-corrected chi connectivity index (χ1v) is 6.40. The van der Waals surface area contributed by atoms with Crippen LogP contribution in [0.25, 0.3) is 0 Å². The first kappa shape index (κ1) is 13.5. The van der Waals surface area contributed by atoms with E-state index >= 15 is 0 Å². The molecule has 19 heavy (non-hydrogen) atoms. The van der Waals surface area contributed by atoms with Crippen LogP contribution in [0.5, 0.6) is 0 Å². The highest BCUT2D eigenvalue weighted by Crippen LogP contribution is 2.19. The molecule has 1 fully saturated rings. The number of primary amides is 1. The van der Waals surface area contributed by atoms with Crippen molar-refractivity contribution >= 4 is 11.9 Å². The Bertz CT molecular complexity index is 487. The number of benzene rings is 1. The number of rotatable bonds is 4. The summed E-state index contributed by atoms with van der Waals surface area (Å²) in [6.07, 6.45) is 1.64. The van der Waals surface area contributed by atoms with Gasteiger partial charge in [-0.1, -0.05) is 12.1 Å². The summed E-state index contributed by atoms with van der Waals surface area (Å²) in [5.41, 5.74) is 6.73. The molecule has 1 amide bonds. The van der Waals surface area contributed by atoms with Crippen molar-refractivity contribution in [1.29, 1.82) is 0 Å². The number of amides is 1. The molecule has 5 nitrogen and oxygen atoms in total. The highest BCUT2D eigenvalue weighted by Gasteiger charge is 2.25. The van der Waals surface area contributed by atoms with E-state index in [2.05, 4.69) is 4.90 Å². The molecule has 1 unspecified atom stereocenters. The van der Waals surface area contributed by atoms with Gasteiger partial charge >= 0.3 is 5.97 Å². The van der Waals surface area contributed by atoms with Crippen LogP contribution < -0.4 is 5.73 Å². The number of carbonyl (C=O) groups is 2. The summed E-state index contributed by atoms with van der Waals surface area (Å²) in [5.74, 6) is -1.45. The molecule has 1 aliphatic heterocycles. The number of carboxylic acids is 1. The van der Waals surface area contributed by atoms with E-state index in [1.165, 1.54) is 0 Å². The van der Waals surface area contributed by atoms with Gasteiger partial charge in [-0.15, -0.1) is 0 Å². The molecule has 102 valence electrons. The number of hydrogen-bond acceptors (Lipinski definition) is 3. The summed E-state index contributed by atoms with van der Waals surface area (Å²) < 4.78 is 0. The number of nitrogens with two attached hydrogens (primary N) is 1. The van der Waals surface area contributed by atoms with Gasteiger partial charge < -0.3 is 10.8 Å². The van der Waals surface area contributed by atoms with Crippen molar-refractivity contribution in [1.82, 2.24) is 4.90 Å². The third-order valence-corrected chi connectivity index (χ3v) is 3.47. The van der Waals surface area contributed by atoms with Crippen LogP contribution in [0.3, 0.4) is 0 Å². The Labute approximate surface area is 112 Å². The summed E-state index contributed by atoms with van der Waals surface area (Å²) in [6, 6.07) is 7.18. The lowest BCUT2D eigenvalue weighted by molar-refractivity contribution is -0.143. The fraction of sp³-hybridized carbons (Fsp3) is 0.429. The van der Waals surface area contributed by atoms with Crippen molar-refractivity contribution in [3.05, 3.63) is 35.4 Å². The molecular formula is C14H18N2O3. The van der Waals surface area contributed by atoms with Crippen molar-refractivity contribution in [3.8, 4) is 0 Å². The molecule has 0 aromatic heterocycles. The maximum atomic E-state index is 11.1. The van der Waals surface area contributed by atoms with Gasteiger partial charge in [-0.3, -0.25) is 14.5 Å². The summed E-state index contributed by atoms with van der Waals surface area (Å²) >= 11 is 0. The molecular weight excluding hydrogens is 244 g/mol. The lowest BCUT2D eigenvalue weighted by atomic mass is 9.97. The largest absolute Gasteiger partial charge is 0.481 e. The van der Waals surface area contributed by atoms with E-state index in [1.807, 2.05) is 6.07 Å². The Hall–Kier alpha value is -1.88. The lowest BCUT2D eigenvalue weighted by Crippen LogP contribution is -2.38. The normalized spacial score (nSPS) is 20.1. The quantitative estimate of drug-likeness (QED) is 0.850. The average molecular weight is 262 g/mol. The van der Waals surface area contributed by atoms with Crippen molar-refractivity contribution in [2.75, 3.05) is 13.1 Å². The third-order valence-electron chi connectivity index (χ3n) is 3.47. The molecule has 1 heterocycles. The van der Waals surface area contributed by atoms with E-state index in [9.17, 15) is 9.59 Å². The maximum absolute atomic E-state index is 11.1. The fourth-order valence-electron chi connectivity index (χ4n) is 2.48. The first-order chi connectivity index (χ1) is 9.06. The van der Waals surface area contributed by atoms with E-state index in [0.29, 0.717) is 18.7 Å². The predicted molar refractivity (Wildman–Crippen MR) is 70.6 cm³/mol. The first-order valence-electron chi connectivity index (χ1n) is 6.40. The van der Waals surface area contributed by atoms with Gasteiger partial charge in [0.2, 0.25) is 5.91 Å². The van der Waals surface area contributed by atoms with Crippen LogP contribution in [0, 0.1) is 5.92 Å². The molecule has 1 aromatic rings. The Balaban J connectivity index is 2.02.